The van der Waals surface area contributed by atoms with Gasteiger partial charge in [-0.2, -0.15) is 0 Å². The van der Waals surface area contributed by atoms with E-state index in [1.54, 1.807) is 0 Å². The Balaban J connectivity index is 2.12. The minimum atomic E-state index is -0.384. The SMILES string of the molecule is Cc1ccc(-c2cccc3c2CC(Br)C3O)cc1. The van der Waals surface area contributed by atoms with E-state index < -0.39 is 0 Å². The molecule has 2 aromatic rings. The Labute approximate surface area is 116 Å². The van der Waals surface area contributed by atoms with Gasteiger partial charge in [0.05, 0.1) is 6.10 Å². The topological polar surface area (TPSA) is 20.2 Å². The fraction of sp³-hybridized carbons (Fsp3) is 0.250. The van der Waals surface area contributed by atoms with Crippen molar-refractivity contribution in [3.05, 3.63) is 59.2 Å². The molecule has 0 bridgehead atoms. The quantitative estimate of drug-likeness (QED) is 0.789. The summed E-state index contributed by atoms with van der Waals surface area (Å²) in [7, 11) is 0. The second-order valence-electron chi connectivity index (χ2n) is 4.90. The van der Waals surface area contributed by atoms with Crippen LogP contribution in [0.25, 0.3) is 11.1 Å². The van der Waals surface area contributed by atoms with Crippen LogP contribution in [-0.4, -0.2) is 9.93 Å². The number of aryl methyl sites for hydroxylation is 1. The summed E-state index contributed by atoms with van der Waals surface area (Å²) in [6.45, 7) is 2.09. The van der Waals surface area contributed by atoms with Crippen LogP contribution in [0.4, 0.5) is 0 Å². The second-order valence-corrected chi connectivity index (χ2v) is 6.08. The summed E-state index contributed by atoms with van der Waals surface area (Å²) in [5.74, 6) is 0. The van der Waals surface area contributed by atoms with Crippen LogP contribution >= 0.6 is 15.9 Å². The Hall–Kier alpha value is -1.12. The van der Waals surface area contributed by atoms with Crippen molar-refractivity contribution in [2.24, 2.45) is 0 Å². The molecule has 3 rings (SSSR count). The van der Waals surface area contributed by atoms with Gasteiger partial charge in [-0.3, -0.25) is 0 Å². The van der Waals surface area contributed by atoms with Crippen molar-refractivity contribution >= 4 is 15.9 Å². The van der Waals surface area contributed by atoms with E-state index in [1.165, 1.54) is 22.3 Å². The first-order valence-electron chi connectivity index (χ1n) is 6.18. The third-order valence-corrected chi connectivity index (χ3v) is 4.46. The monoisotopic (exact) mass is 302 g/mol. The number of halogens is 1. The first-order chi connectivity index (χ1) is 8.66. The number of fused-ring (bicyclic) bond motifs is 1. The van der Waals surface area contributed by atoms with E-state index in [9.17, 15) is 5.11 Å². The van der Waals surface area contributed by atoms with Crippen LogP contribution in [-0.2, 0) is 6.42 Å². The lowest BCUT2D eigenvalue weighted by Crippen LogP contribution is -2.03. The molecular formula is C16H15BrO. The Kier molecular flexibility index (Phi) is 3.00. The molecule has 0 saturated heterocycles. The number of rotatable bonds is 1. The molecule has 2 atom stereocenters. The molecule has 0 heterocycles. The molecule has 1 N–H and O–H groups in total. The van der Waals surface area contributed by atoms with Gasteiger partial charge in [0.2, 0.25) is 0 Å². The number of benzene rings is 2. The molecule has 2 heteroatoms. The molecule has 0 spiro atoms. The summed E-state index contributed by atoms with van der Waals surface area (Å²) in [6.07, 6.45) is 0.506. The maximum Gasteiger partial charge on any atom is 0.0921 e. The molecule has 1 aliphatic rings. The molecular weight excluding hydrogens is 288 g/mol. The standard InChI is InChI=1S/C16H15BrO/c1-10-5-7-11(8-6-10)12-3-2-4-13-14(12)9-15(17)16(13)18/h2-8,15-16,18H,9H2,1H3. The normalized spacial score (nSPS) is 21.9. The smallest absolute Gasteiger partial charge is 0.0921 e. The first-order valence-corrected chi connectivity index (χ1v) is 7.09. The zero-order chi connectivity index (χ0) is 12.7. The largest absolute Gasteiger partial charge is 0.387 e. The minimum Gasteiger partial charge on any atom is -0.387 e. The molecule has 0 saturated carbocycles. The molecule has 92 valence electrons. The fourth-order valence-corrected chi connectivity index (χ4v) is 3.22. The van der Waals surface area contributed by atoms with Crippen LogP contribution in [0.5, 0.6) is 0 Å². The number of aliphatic hydroxyl groups excluding tert-OH is 1. The van der Waals surface area contributed by atoms with E-state index in [4.69, 9.17) is 0 Å². The Morgan fingerprint density at radius 2 is 1.83 bits per heavy atom. The van der Waals surface area contributed by atoms with Crippen molar-refractivity contribution in [2.75, 3.05) is 0 Å². The van der Waals surface area contributed by atoms with Gasteiger partial charge in [-0.25, -0.2) is 0 Å². The summed E-state index contributed by atoms with van der Waals surface area (Å²) < 4.78 is 0. The van der Waals surface area contributed by atoms with Crippen LogP contribution in [0.1, 0.15) is 22.8 Å². The number of hydrogen-bond acceptors (Lipinski definition) is 1. The van der Waals surface area contributed by atoms with Crippen molar-refractivity contribution < 1.29 is 5.11 Å². The molecule has 0 fully saturated rings. The Bertz CT molecular complexity index is 574. The molecule has 0 amide bonds. The van der Waals surface area contributed by atoms with Gasteiger partial charge in [-0.1, -0.05) is 64.0 Å². The van der Waals surface area contributed by atoms with Crippen molar-refractivity contribution in [3.63, 3.8) is 0 Å². The van der Waals surface area contributed by atoms with Gasteiger partial charge in [0, 0.05) is 4.83 Å². The molecule has 0 aromatic heterocycles. The van der Waals surface area contributed by atoms with E-state index in [-0.39, 0.29) is 10.9 Å². The highest BCUT2D eigenvalue weighted by Crippen LogP contribution is 2.40. The lowest BCUT2D eigenvalue weighted by Gasteiger charge is -2.09. The lowest BCUT2D eigenvalue weighted by atomic mass is 9.96. The van der Waals surface area contributed by atoms with Crippen molar-refractivity contribution in [1.82, 2.24) is 0 Å². The van der Waals surface area contributed by atoms with Gasteiger partial charge in [-0.05, 0) is 35.6 Å². The van der Waals surface area contributed by atoms with E-state index in [0.29, 0.717) is 0 Å². The lowest BCUT2D eigenvalue weighted by molar-refractivity contribution is 0.187. The molecule has 18 heavy (non-hydrogen) atoms. The van der Waals surface area contributed by atoms with Crippen LogP contribution in [0.15, 0.2) is 42.5 Å². The van der Waals surface area contributed by atoms with Crippen LogP contribution in [0.3, 0.4) is 0 Å². The summed E-state index contributed by atoms with van der Waals surface area (Å²) in [5.41, 5.74) is 6.08. The van der Waals surface area contributed by atoms with Crippen LogP contribution in [0, 0.1) is 6.92 Å². The number of aliphatic hydroxyl groups is 1. The zero-order valence-electron chi connectivity index (χ0n) is 10.2. The molecule has 2 aromatic carbocycles. The van der Waals surface area contributed by atoms with Gasteiger partial charge in [0.1, 0.15) is 0 Å². The van der Waals surface area contributed by atoms with Gasteiger partial charge < -0.3 is 5.11 Å². The highest BCUT2D eigenvalue weighted by molar-refractivity contribution is 9.09. The zero-order valence-corrected chi connectivity index (χ0v) is 11.8. The predicted molar refractivity (Wildman–Crippen MR) is 78.0 cm³/mol. The molecule has 0 radical (unpaired) electrons. The average Bonchev–Trinajstić information content (AvgIpc) is 2.67. The summed E-state index contributed by atoms with van der Waals surface area (Å²) in [6, 6.07) is 14.8. The third-order valence-electron chi connectivity index (χ3n) is 3.64. The average molecular weight is 303 g/mol. The molecule has 1 nitrogen and oxygen atoms in total. The molecule has 1 aliphatic carbocycles. The highest BCUT2D eigenvalue weighted by Gasteiger charge is 2.30. The maximum absolute atomic E-state index is 10.1. The molecule has 2 unspecified atom stereocenters. The Morgan fingerprint density at radius 3 is 2.56 bits per heavy atom. The van der Waals surface area contributed by atoms with Gasteiger partial charge in [0.15, 0.2) is 0 Å². The highest BCUT2D eigenvalue weighted by atomic mass is 79.9. The van der Waals surface area contributed by atoms with Gasteiger partial charge in [-0.15, -0.1) is 0 Å². The van der Waals surface area contributed by atoms with Gasteiger partial charge >= 0.3 is 0 Å². The fourth-order valence-electron chi connectivity index (χ4n) is 2.61. The number of alkyl halides is 1. The van der Waals surface area contributed by atoms with E-state index in [2.05, 4.69) is 53.2 Å². The van der Waals surface area contributed by atoms with E-state index in [1.807, 2.05) is 12.1 Å². The van der Waals surface area contributed by atoms with Crippen LogP contribution in [0.2, 0.25) is 0 Å². The summed E-state index contributed by atoms with van der Waals surface area (Å²) in [4.78, 5) is 0.138. The van der Waals surface area contributed by atoms with Crippen LogP contribution < -0.4 is 0 Å². The van der Waals surface area contributed by atoms with Crippen molar-refractivity contribution in [3.8, 4) is 11.1 Å². The summed E-state index contributed by atoms with van der Waals surface area (Å²) in [5, 5.41) is 10.1. The molecule has 0 aliphatic heterocycles. The summed E-state index contributed by atoms with van der Waals surface area (Å²) >= 11 is 3.55. The Morgan fingerprint density at radius 1 is 1.11 bits per heavy atom. The van der Waals surface area contributed by atoms with E-state index >= 15 is 0 Å². The van der Waals surface area contributed by atoms with Crippen molar-refractivity contribution in [2.45, 2.75) is 24.3 Å². The minimum absolute atomic E-state index is 0.138. The number of hydrogen-bond donors (Lipinski definition) is 1. The second kappa shape index (κ2) is 4.52. The third kappa shape index (κ3) is 1.90. The van der Waals surface area contributed by atoms with Gasteiger partial charge in [0.25, 0.3) is 0 Å². The predicted octanol–water partition coefficient (Wildman–Crippen LogP) is 4.02. The van der Waals surface area contributed by atoms with E-state index in [0.717, 1.165) is 12.0 Å². The van der Waals surface area contributed by atoms with Crippen molar-refractivity contribution in [1.29, 1.82) is 0 Å². The first kappa shape index (κ1) is 11.9. The maximum atomic E-state index is 10.1.